The van der Waals surface area contributed by atoms with Crippen LogP contribution in [0.5, 0.6) is 0 Å². The summed E-state index contributed by atoms with van der Waals surface area (Å²) in [5.74, 6) is 0. The molecule has 0 saturated heterocycles. The van der Waals surface area contributed by atoms with E-state index in [0.717, 1.165) is 23.7 Å². The van der Waals surface area contributed by atoms with E-state index in [1.807, 2.05) is 17.7 Å². The number of aromatic nitrogens is 2. The quantitative estimate of drug-likeness (QED) is 0.709. The largest absolute Gasteiger partial charge is 0.251 e. The standard InChI is InChI=1S/C9H15ClN2/c1-4-8(5-2)12-9(10)6-7(3)11-12/h6,8H,4-5H2,1-3H3. The third kappa shape index (κ3) is 1.81. The van der Waals surface area contributed by atoms with E-state index in [-0.39, 0.29) is 0 Å². The lowest BCUT2D eigenvalue weighted by molar-refractivity contribution is 0.427. The molecule has 0 radical (unpaired) electrons. The molecular formula is C9H15ClN2. The van der Waals surface area contributed by atoms with Crippen LogP contribution in [0.3, 0.4) is 0 Å². The highest BCUT2D eigenvalue weighted by Crippen LogP contribution is 2.21. The molecule has 12 heavy (non-hydrogen) atoms. The van der Waals surface area contributed by atoms with Crippen LogP contribution in [0, 0.1) is 6.92 Å². The maximum Gasteiger partial charge on any atom is 0.127 e. The van der Waals surface area contributed by atoms with Crippen molar-refractivity contribution in [1.29, 1.82) is 0 Å². The molecule has 0 aliphatic carbocycles. The van der Waals surface area contributed by atoms with Crippen LogP contribution in [-0.4, -0.2) is 9.78 Å². The van der Waals surface area contributed by atoms with Crippen LogP contribution < -0.4 is 0 Å². The van der Waals surface area contributed by atoms with Crippen molar-refractivity contribution >= 4 is 11.6 Å². The predicted octanol–water partition coefficient (Wildman–Crippen LogP) is 3.21. The Labute approximate surface area is 78.5 Å². The van der Waals surface area contributed by atoms with E-state index in [2.05, 4.69) is 18.9 Å². The van der Waals surface area contributed by atoms with Crippen LogP contribution in [0.15, 0.2) is 6.07 Å². The van der Waals surface area contributed by atoms with Crippen molar-refractivity contribution < 1.29 is 0 Å². The van der Waals surface area contributed by atoms with Crippen molar-refractivity contribution in [3.8, 4) is 0 Å². The van der Waals surface area contributed by atoms with Crippen LogP contribution >= 0.6 is 11.6 Å². The highest BCUT2D eigenvalue weighted by atomic mass is 35.5. The summed E-state index contributed by atoms with van der Waals surface area (Å²) >= 11 is 6.00. The normalized spacial score (nSPS) is 11.1. The number of hydrogen-bond donors (Lipinski definition) is 0. The van der Waals surface area contributed by atoms with Gasteiger partial charge < -0.3 is 0 Å². The van der Waals surface area contributed by atoms with E-state index in [1.54, 1.807) is 0 Å². The lowest BCUT2D eigenvalue weighted by atomic mass is 10.2. The lowest BCUT2D eigenvalue weighted by Crippen LogP contribution is -2.08. The summed E-state index contributed by atoms with van der Waals surface area (Å²) in [5, 5.41) is 5.09. The van der Waals surface area contributed by atoms with Crippen LogP contribution in [0.4, 0.5) is 0 Å². The van der Waals surface area contributed by atoms with Gasteiger partial charge in [-0.2, -0.15) is 5.10 Å². The third-order valence-corrected chi connectivity index (χ3v) is 2.38. The summed E-state index contributed by atoms with van der Waals surface area (Å²) in [5.41, 5.74) is 0.993. The first kappa shape index (κ1) is 9.59. The second-order valence-electron chi connectivity index (χ2n) is 3.02. The zero-order chi connectivity index (χ0) is 9.14. The predicted molar refractivity (Wildman–Crippen MR) is 51.6 cm³/mol. The second-order valence-corrected chi connectivity index (χ2v) is 3.41. The second kappa shape index (κ2) is 3.94. The smallest absolute Gasteiger partial charge is 0.127 e. The Kier molecular flexibility index (Phi) is 3.15. The van der Waals surface area contributed by atoms with Crippen LogP contribution in [0.2, 0.25) is 5.15 Å². The zero-order valence-electron chi connectivity index (χ0n) is 7.84. The minimum atomic E-state index is 0.450. The summed E-state index contributed by atoms with van der Waals surface area (Å²) in [4.78, 5) is 0. The molecule has 0 aliphatic heterocycles. The van der Waals surface area contributed by atoms with E-state index in [4.69, 9.17) is 11.6 Å². The monoisotopic (exact) mass is 186 g/mol. The molecular weight excluding hydrogens is 172 g/mol. The fourth-order valence-electron chi connectivity index (χ4n) is 1.38. The number of aryl methyl sites for hydroxylation is 1. The van der Waals surface area contributed by atoms with Crippen LogP contribution in [0.1, 0.15) is 38.4 Å². The molecule has 0 unspecified atom stereocenters. The molecule has 1 rings (SSSR count). The van der Waals surface area contributed by atoms with Crippen molar-refractivity contribution in [1.82, 2.24) is 9.78 Å². The Morgan fingerprint density at radius 2 is 2.08 bits per heavy atom. The molecule has 0 fully saturated rings. The first-order valence-electron chi connectivity index (χ1n) is 4.40. The average Bonchev–Trinajstić information content (AvgIpc) is 2.34. The highest BCUT2D eigenvalue weighted by Gasteiger charge is 2.10. The Hall–Kier alpha value is -0.500. The molecule has 68 valence electrons. The number of halogens is 1. The fraction of sp³-hybridized carbons (Fsp3) is 0.667. The number of nitrogens with zero attached hydrogens (tertiary/aromatic N) is 2. The third-order valence-electron chi connectivity index (χ3n) is 2.10. The average molecular weight is 187 g/mol. The minimum Gasteiger partial charge on any atom is -0.251 e. The summed E-state index contributed by atoms with van der Waals surface area (Å²) < 4.78 is 1.91. The van der Waals surface area contributed by atoms with Gasteiger partial charge in [-0.25, -0.2) is 0 Å². The number of rotatable bonds is 3. The Bertz CT molecular complexity index is 251. The van der Waals surface area contributed by atoms with Crippen LogP contribution in [0.25, 0.3) is 0 Å². The molecule has 2 nitrogen and oxygen atoms in total. The van der Waals surface area contributed by atoms with Gasteiger partial charge in [0.15, 0.2) is 0 Å². The highest BCUT2D eigenvalue weighted by molar-refractivity contribution is 6.29. The van der Waals surface area contributed by atoms with Gasteiger partial charge in [0.1, 0.15) is 5.15 Å². The summed E-state index contributed by atoms with van der Waals surface area (Å²) in [6.07, 6.45) is 2.16. The lowest BCUT2D eigenvalue weighted by Gasteiger charge is -2.13. The Balaban J connectivity index is 2.91. The first-order valence-corrected chi connectivity index (χ1v) is 4.78. The van der Waals surface area contributed by atoms with Gasteiger partial charge in [0, 0.05) is 0 Å². The van der Waals surface area contributed by atoms with E-state index in [0.29, 0.717) is 6.04 Å². The molecule has 0 aromatic carbocycles. The van der Waals surface area contributed by atoms with Crippen molar-refractivity contribution in [2.75, 3.05) is 0 Å². The molecule has 0 aliphatic rings. The minimum absolute atomic E-state index is 0.450. The molecule has 1 aromatic heterocycles. The van der Waals surface area contributed by atoms with Gasteiger partial charge in [-0.1, -0.05) is 25.4 Å². The van der Waals surface area contributed by atoms with Gasteiger partial charge in [-0.05, 0) is 25.8 Å². The van der Waals surface area contributed by atoms with Crippen molar-refractivity contribution in [3.05, 3.63) is 16.9 Å². The molecule has 1 aromatic rings. The van der Waals surface area contributed by atoms with Gasteiger partial charge in [0.2, 0.25) is 0 Å². The van der Waals surface area contributed by atoms with Crippen LogP contribution in [-0.2, 0) is 0 Å². The van der Waals surface area contributed by atoms with Gasteiger partial charge >= 0.3 is 0 Å². The molecule has 1 heterocycles. The molecule has 0 bridgehead atoms. The molecule has 0 atom stereocenters. The Morgan fingerprint density at radius 3 is 2.42 bits per heavy atom. The van der Waals surface area contributed by atoms with Gasteiger partial charge in [-0.3, -0.25) is 4.68 Å². The molecule has 3 heteroatoms. The van der Waals surface area contributed by atoms with Gasteiger partial charge in [0.05, 0.1) is 11.7 Å². The molecule has 0 saturated carbocycles. The van der Waals surface area contributed by atoms with E-state index < -0.39 is 0 Å². The summed E-state index contributed by atoms with van der Waals surface area (Å²) in [7, 11) is 0. The summed E-state index contributed by atoms with van der Waals surface area (Å²) in [6.45, 7) is 6.27. The van der Waals surface area contributed by atoms with Crippen molar-refractivity contribution in [2.45, 2.75) is 39.7 Å². The van der Waals surface area contributed by atoms with Gasteiger partial charge in [-0.15, -0.1) is 0 Å². The van der Waals surface area contributed by atoms with E-state index >= 15 is 0 Å². The summed E-state index contributed by atoms with van der Waals surface area (Å²) in [6, 6.07) is 2.35. The van der Waals surface area contributed by atoms with Gasteiger partial charge in [0.25, 0.3) is 0 Å². The first-order chi connectivity index (χ1) is 5.69. The Morgan fingerprint density at radius 1 is 1.50 bits per heavy atom. The maximum atomic E-state index is 6.00. The maximum absolute atomic E-state index is 6.00. The topological polar surface area (TPSA) is 17.8 Å². The zero-order valence-corrected chi connectivity index (χ0v) is 8.60. The van der Waals surface area contributed by atoms with E-state index in [9.17, 15) is 0 Å². The molecule has 0 amide bonds. The van der Waals surface area contributed by atoms with E-state index in [1.165, 1.54) is 0 Å². The molecule has 0 N–H and O–H groups in total. The van der Waals surface area contributed by atoms with Crippen molar-refractivity contribution in [3.63, 3.8) is 0 Å². The fourth-order valence-corrected chi connectivity index (χ4v) is 1.71. The number of hydrogen-bond acceptors (Lipinski definition) is 1. The SMILES string of the molecule is CCC(CC)n1nc(C)cc1Cl. The molecule has 0 spiro atoms. The van der Waals surface area contributed by atoms with Crippen molar-refractivity contribution in [2.24, 2.45) is 0 Å².